The Hall–Kier alpha value is -1.08. The molecule has 6 nitrogen and oxygen atoms in total. The first-order chi connectivity index (χ1) is 8.52. The van der Waals surface area contributed by atoms with Crippen molar-refractivity contribution in [2.24, 2.45) is 0 Å². The van der Waals surface area contributed by atoms with Gasteiger partial charge in [0.2, 0.25) is 5.95 Å². The van der Waals surface area contributed by atoms with Gasteiger partial charge in [0.1, 0.15) is 0 Å². The maximum absolute atomic E-state index is 11.4. The lowest BCUT2D eigenvalue weighted by atomic mass is 10.3. The smallest absolute Gasteiger partial charge is 0.203 e. The van der Waals surface area contributed by atoms with Crippen molar-refractivity contribution < 1.29 is 13.2 Å². The van der Waals surface area contributed by atoms with E-state index in [0.717, 1.165) is 0 Å². The number of hydrogen-bond donors (Lipinski definition) is 1. The van der Waals surface area contributed by atoms with E-state index in [1.807, 2.05) is 17.7 Å². The molecule has 1 fully saturated rings. The SMILES string of the molecule is COCC(C)n1ccnc1NC1CCS(=O)(=O)C1. The Morgan fingerprint density at radius 2 is 2.44 bits per heavy atom. The molecular weight excluding hydrogens is 254 g/mol. The summed E-state index contributed by atoms with van der Waals surface area (Å²) in [5, 5.41) is 3.20. The Kier molecular flexibility index (Phi) is 3.91. The molecule has 1 aliphatic heterocycles. The average Bonchev–Trinajstić information content (AvgIpc) is 2.86. The highest BCUT2D eigenvalue weighted by Crippen LogP contribution is 2.19. The fraction of sp³-hybridized carbons (Fsp3) is 0.727. The first-order valence-electron chi connectivity index (χ1n) is 6.00. The fourth-order valence-corrected chi connectivity index (χ4v) is 3.87. The number of rotatable bonds is 5. The van der Waals surface area contributed by atoms with Gasteiger partial charge in [0, 0.05) is 25.5 Å². The van der Waals surface area contributed by atoms with Crippen molar-refractivity contribution in [3.63, 3.8) is 0 Å². The minimum Gasteiger partial charge on any atom is -0.383 e. The Morgan fingerprint density at radius 3 is 3.06 bits per heavy atom. The van der Waals surface area contributed by atoms with E-state index in [-0.39, 0.29) is 23.6 Å². The van der Waals surface area contributed by atoms with E-state index in [1.165, 1.54) is 0 Å². The highest BCUT2D eigenvalue weighted by atomic mass is 32.2. The zero-order valence-corrected chi connectivity index (χ0v) is 11.5. The highest BCUT2D eigenvalue weighted by Gasteiger charge is 2.28. The molecule has 2 atom stereocenters. The second-order valence-electron chi connectivity index (χ2n) is 4.71. The van der Waals surface area contributed by atoms with Gasteiger partial charge in [-0.15, -0.1) is 0 Å². The lowest BCUT2D eigenvalue weighted by Crippen LogP contribution is -2.24. The molecule has 0 radical (unpaired) electrons. The molecule has 102 valence electrons. The number of methoxy groups -OCH3 is 1. The molecule has 2 heterocycles. The first-order valence-corrected chi connectivity index (χ1v) is 7.82. The van der Waals surface area contributed by atoms with Crippen LogP contribution in [-0.4, -0.2) is 49.2 Å². The number of imidazole rings is 1. The highest BCUT2D eigenvalue weighted by molar-refractivity contribution is 7.91. The molecule has 0 aromatic carbocycles. The third kappa shape index (κ3) is 3.02. The molecule has 1 aliphatic rings. The Bertz CT molecular complexity index is 497. The minimum atomic E-state index is -2.87. The van der Waals surface area contributed by atoms with Crippen molar-refractivity contribution in [2.75, 3.05) is 30.5 Å². The zero-order chi connectivity index (χ0) is 13.2. The van der Waals surface area contributed by atoms with Gasteiger partial charge in [0.25, 0.3) is 0 Å². The number of sulfone groups is 1. The van der Waals surface area contributed by atoms with Crippen molar-refractivity contribution in [3.8, 4) is 0 Å². The van der Waals surface area contributed by atoms with Crippen LogP contribution in [-0.2, 0) is 14.6 Å². The topological polar surface area (TPSA) is 73.2 Å². The third-order valence-corrected chi connectivity index (χ3v) is 4.89. The van der Waals surface area contributed by atoms with Gasteiger partial charge in [-0.2, -0.15) is 0 Å². The van der Waals surface area contributed by atoms with Gasteiger partial charge in [0.15, 0.2) is 9.84 Å². The molecule has 1 aromatic heterocycles. The van der Waals surface area contributed by atoms with Gasteiger partial charge < -0.3 is 14.6 Å². The summed E-state index contributed by atoms with van der Waals surface area (Å²) < 4.78 is 29.9. The van der Waals surface area contributed by atoms with Crippen LogP contribution in [0.4, 0.5) is 5.95 Å². The van der Waals surface area contributed by atoms with Crippen LogP contribution in [0.5, 0.6) is 0 Å². The Morgan fingerprint density at radius 1 is 1.67 bits per heavy atom. The van der Waals surface area contributed by atoms with Crippen molar-refractivity contribution in [1.29, 1.82) is 0 Å². The first kappa shape index (κ1) is 13.4. The number of anilines is 1. The molecule has 7 heteroatoms. The van der Waals surface area contributed by atoms with Gasteiger partial charge in [-0.1, -0.05) is 0 Å². The standard InChI is InChI=1S/C11H19N3O3S/c1-9(7-17-2)14-5-4-12-11(14)13-10-3-6-18(15,16)8-10/h4-5,9-10H,3,6-8H2,1-2H3,(H,12,13). The number of nitrogens with zero attached hydrogens (tertiary/aromatic N) is 2. The van der Waals surface area contributed by atoms with Gasteiger partial charge in [-0.05, 0) is 13.3 Å². The number of ether oxygens (including phenoxy) is 1. The average molecular weight is 273 g/mol. The van der Waals surface area contributed by atoms with E-state index in [0.29, 0.717) is 19.0 Å². The van der Waals surface area contributed by atoms with E-state index < -0.39 is 9.84 Å². The molecule has 0 amide bonds. The molecule has 0 aliphatic carbocycles. The van der Waals surface area contributed by atoms with E-state index in [4.69, 9.17) is 4.74 Å². The summed E-state index contributed by atoms with van der Waals surface area (Å²) in [4.78, 5) is 4.23. The predicted molar refractivity (Wildman–Crippen MR) is 69.5 cm³/mol. The summed E-state index contributed by atoms with van der Waals surface area (Å²) in [6, 6.07) is 0.129. The second kappa shape index (κ2) is 5.27. The number of hydrogen-bond acceptors (Lipinski definition) is 5. The van der Waals surface area contributed by atoms with Crippen molar-refractivity contribution in [3.05, 3.63) is 12.4 Å². The van der Waals surface area contributed by atoms with Gasteiger partial charge in [-0.25, -0.2) is 13.4 Å². The molecular formula is C11H19N3O3S. The molecule has 2 rings (SSSR count). The van der Waals surface area contributed by atoms with Crippen LogP contribution in [0.3, 0.4) is 0 Å². The number of aromatic nitrogens is 2. The van der Waals surface area contributed by atoms with Gasteiger partial charge in [-0.3, -0.25) is 0 Å². The van der Waals surface area contributed by atoms with Crippen LogP contribution >= 0.6 is 0 Å². The van der Waals surface area contributed by atoms with E-state index >= 15 is 0 Å². The van der Waals surface area contributed by atoms with E-state index in [1.54, 1.807) is 13.3 Å². The largest absolute Gasteiger partial charge is 0.383 e. The van der Waals surface area contributed by atoms with Crippen LogP contribution in [0.15, 0.2) is 12.4 Å². The van der Waals surface area contributed by atoms with Crippen LogP contribution in [0.25, 0.3) is 0 Å². The van der Waals surface area contributed by atoms with Crippen LogP contribution in [0, 0.1) is 0 Å². The van der Waals surface area contributed by atoms with Crippen molar-refractivity contribution >= 4 is 15.8 Å². The quantitative estimate of drug-likeness (QED) is 0.854. The molecule has 2 unspecified atom stereocenters. The molecule has 0 saturated carbocycles. The Balaban J connectivity index is 2.04. The maximum atomic E-state index is 11.4. The molecule has 1 N–H and O–H groups in total. The summed E-state index contributed by atoms with van der Waals surface area (Å²) in [6.07, 6.45) is 4.22. The minimum absolute atomic E-state index is 0.0362. The van der Waals surface area contributed by atoms with Crippen LogP contribution < -0.4 is 5.32 Å². The maximum Gasteiger partial charge on any atom is 0.203 e. The summed E-state index contributed by atoms with van der Waals surface area (Å²) >= 11 is 0. The number of nitrogens with one attached hydrogen (secondary N) is 1. The lowest BCUT2D eigenvalue weighted by molar-refractivity contribution is 0.163. The van der Waals surface area contributed by atoms with E-state index in [2.05, 4.69) is 10.3 Å². The van der Waals surface area contributed by atoms with Crippen LogP contribution in [0.1, 0.15) is 19.4 Å². The van der Waals surface area contributed by atoms with Crippen LogP contribution in [0.2, 0.25) is 0 Å². The summed E-state index contributed by atoms with van der Waals surface area (Å²) in [6.45, 7) is 2.62. The molecule has 1 aromatic rings. The molecule has 1 saturated heterocycles. The second-order valence-corrected chi connectivity index (χ2v) is 6.94. The normalized spacial score (nSPS) is 24.0. The predicted octanol–water partition coefficient (Wildman–Crippen LogP) is 0.689. The molecule has 18 heavy (non-hydrogen) atoms. The molecule has 0 spiro atoms. The Labute approximate surface area is 107 Å². The summed E-state index contributed by atoms with van der Waals surface area (Å²) in [5.41, 5.74) is 0. The van der Waals surface area contributed by atoms with Gasteiger partial charge in [0.05, 0.1) is 24.2 Å². The third-order valence-electron chi connectivity index (χ3n) is 3.12. The lowest BCUT2D eigenvalue weighted by Gasteiger charge is -2.18. The summed E-state index contributed by atoms with van der Waals surface area (Å²) in [7, 11) is -1.21. The molecule has 0 bridgehead atoms. The van der Waals surface area contributed by atoms with E-state index in [9.17, 15) is 8.42 Å². The van der Waals surface area contributed by atoms with Crippen molar-refractivity contribution in [1.82, 2.24) is 9.55 Å². The summed E-state index contributed by atoms with van der Waals surface area (Å²) in [5.74, 6) is 1.17. The monoisotopic (exact) mass is 273 g/mol. The zero-order valence-electron chi connectivity index (χ0n) is 10.7. The van der Waals surface area contributed by atoms with Crippen molar-refractivity contribution in [2.45, 2.75) is 25.4 Å². The fourth-order valence-electron chi connectivity index (χ4n) is 2.19. The van der Waals surface area contributed by atoms with Gasteiger partial charge >= 0.3 is 0 Å².